The van der Waals surface area contributed by atoms with Crippen LogP contribution < -0.4 is 10.2 Å². The van der Waals surface area contributed by atoms with Crippen LogP contribution in [0, 0.1) is 0 Å². The number of carbonyl (C=O) groups is 1. The van der Waals surface area contributed by atoms with Crippen molar-refractivity contribution >= 4 is 38.9 Å². The van der Waals surface area contributed by atoms with E-state index in [2.05, 4.69) is 15.2 Å². The maximum Gasteiger partial charge on any atom is 0.258 e. The Hall–Kier alpha value is -2.20. The fraction of sp³-hybridized carbons (Fsp3) is 0.429. The second kappa shape index (κ2) is 9.52. The highest BCUT2D eigenvalue weighted by atomic mass is 35.5. The number of pyridine rings is 1. The molecule has 2 saturated heterocycles. The van der Waals surface area contributed by atoms with Gasteiger partial charge >= 0.3 is 0 Å². The van der Waals surface area contributed by atoms with E-state index in [0.29, 0.717) is 45.1 Å². The lowest BCUT2D eigenvalue weighted by Gasteiger charge is -2.31. The summed E-state index contributed by atoms with van der Waals surface area (Å²) in [5.74, 6) is -0.444. The van der Waals surface area contributed by atoms with Gasteiger partial charge in [-0.3, -0.25) is 4.79 Å². The van der Waals surface area contributed by atoms with Crippen LogP contribution in [-0.2, 0) is 14.8 Å². The maximum atomic E-state index is 13.2. The summed E-state index contributed by atoms with van der Waals surface area (Å²) < 4.78 is 33.3. The topological polar surface area (TPSA) is 91.8 Å². The number of piperidine rings is 1. The van der Waals surface area contributed by atoms with Crippen LogP contribution in [0.1, 0.15) is 29.6 Å². The monoisotopic (exact) mass is 464 g/mol. The first-order valence-corrected chi connectivity index (χ1v) is 12.2. The molecule has 3 heterocycles. The summed E-state index contributed by atoms with van der Waals surface area (Å²) in [5.41, 5.74) is 1.39. The Balaban J connectivity index is 1.69. The Morgan fingerprint density at radius 2 is 1.81 bits per heavy atom. The number of hydrogen-bond donors (Lipinski definition) is 1. The van der Waals surface area contributed by atoms with Gasteiger partial charge in [-0.15, -0.1) is 0 Å². The molecule has 31 heavy (non-hydrogen) atoms. The number of carbonyl (C=O) groups excluding carboxylic acids is 1. The normalized spacial score (nSPS) is 18.0. The summed E-state index contributed by atoms with van der Waals surface area (Å²) >= 11 is 6.08. The summed E-state index contributed by atoms with van der Waals surface area (Å²) in [6, 6.07) is 8.11. The van der Waals surface area contributed by atoms with Crippen LogP contribution >= 0.6 is 11.6 Å². The van der Waals surface area contributed by atoms with Gasteiger partial charge in [0.05, 0.1) is 35.0 Å². The Labute approximate surface area is 187 Å². The van der Waals surface area contributed by atoms with E-state index in [4.69, 9.17) is 16.3 Å². The zero-order valence-corrected chi connectivity index (χ0v) is 18.7. The van der Waals surface area contributed by atoms with Gasteiger partial charge in [-0.1, -0.05) is 18.0 Å². The van der Waals surface area contributed by atoms with E-state index in [1.54, 1.807) is 24.3 Å². The van der Waals surface area contributed by atoms with Crippen LogP contribution in [0.2, 0.25) is 5.15 Å². The quantitative estimate of drug-likeness (QED) is 0.684. The second-order valence-corrected chi connectivity index (χ2v) is 9.83. The van der Waals surface area contributed by atoms with E-state index >= 15 is 0 Å². The number of sulfonamides is 1. The molecule has 2 aliphatic heterocycles. The Morgan fingerprint density at radius 1 is 1.06 bits per heavy atom. The SMILES string of the molecule is O=C(Nc1cc(S(=O)(=O)N2CCCCC2)ccc1N1CCOCC1)c1cccnc1Cl. The fourth-order valence-electron chi connectivity index (χ4n) is 3.86. The lowest BCUT2D eigenvalue weighted by atomic mass is 10.2. The van der Waals surface area contributed by atoms with E-state index in [-0.39, 0.29) is 15.6 Å². The average Bonchev–Trinajstić information content (AvgIpc) is 2.80. The molecule has 0 unspecified atom stereocenters. The molecule has 1 aromatic carbocycles. The number of nitrogens with one attached hydrogen (secondary N) is 1. The van der Waals surface area contributed by atoms with Crippen molar-refractivity contribution in [3.8, 4) is 0 Å². The highest BCUT2D eigenvalue weighted by Crippen LogP contribution is 2.32. The smallest absolute Gasteiger partial charge is 0.258 e. The first-order valence-electron chi connectivity index (χ1n) is 10.4. The Morgan fingerprint density at radius 3 is 2.52 bits per heavy atom. The summed E-state index contributed by atoms with van der Waals surface area (Å²) in [7, 11) is -3.64. The predicted molar refractivity (Wildman–Crippen MR) is 119 cm³/mol. The number of nitrogens with zero attached hydrogens (tertiary/aromatic N) is 3. The zero-order chi connectivity index (χ0) is 21.8. The van der Waals surface area contributed by atoms with E-state index in [9.17, 15) is 13.2 Å². The first-order chi connectivity index (χ1) is 15.0. The second-order valence-electron chi connectivity index (χ2n) is 7.54. The molecule has 0 atom stereocenters. The van der Waals surface area contributed by atoms with Crippen molar-refractivity contribution in [2.24, 2.45) is 0 Å². The summed E-state index contributed by atoms with van der Waals surface area (Å²) in [6.07, 6.45) is 4.25. The minimum atomic E-state index is -3.64. The largest absolute Gasteiger partial charge is 0.378 e. The first kappa shape index (κ1) is 22.0. The standard InChI is InChI=1S/C21H25ClN4O4S/c22-20-17(5-4-8-23-20)21(27)24-18-15-16(31(28,29)26-9-2-1-3-10-26)6-7-19(18)25-11-13-30-14-12-25/h4-8,15H,1-3,9-14H2,(H,24,27). The Kier molecular flexibility index (Phi) is 6.76. The van der Waals surface area contributed by atoms with Crippen molar-refractivity contribution < 1.29 is 17.9 Å². The Bertz CT molecular complexity index is 1050. The van der Waals surface area contributed by atoms with Crippen LogP contribution in [0.4, 0.5) is 11.4 Å². The van der Waals surface area contributed by atoms with Crippen molar-refractivity contribution in [3.63, 3.8) is 0 Å². The third kappa shape index (κ3) is 4.85. The van der Waals surface area contributed by atoms with E-state index in [1.807, 2.05) is 0 Å². The van der Waals surface area contributed by atoms with E-state index < -0.39 is 15.9 Å². The minimum absolute atomic E-state index is 0.0880. The van der Waals surface area contributed by atoms with Crippen LogP contribution in [0.15, 0.2) is 41.4 Å². The molecule has 0 spiro atoms. The minimum Gasteiger partial charge on any atom is -0.378 e. The number of ether oxygens (including phenoxy) is 1. The number of aromatic nitrogens is 1. The lowest BCUT2D eigenvalue weighted by molar-refractivity contribution is 0.102. The maximum absolute atomic E-state index is 13.2. The highest BCUT2D eigenvalue weighted by molar-refractivity contribution is 7.89. The molecular weight excluding hydrogens is 440 g/mol. The molecule has 2 fully saturated rings. The van der Waals surface area contributed by atoms with Gasteiger partial charge in [0.25, 0.3) is 5.91 Å². The molecule has 1 N–H and O–H groups in total. The molecule has 166 valence electrons. The number of benzene rings is 1. The van der Waals surface area contributed by atoms with Gasteiger partial charge in [-0.2, -0.15) is 4.31 Å². The molecule has 1 amide bonds. The summed E-state index contributed by atoms with van der Waals surface area (Å²) in [6.45, 7) is 3.45. The molecule has 4 rings (SSSR count). The fourth-order valence-corrected chi connectivity index (χ4v) is 5.60. The zero-order valence-electron chi connectivity index (χ0n) is 17.1. The predicted octanol–water partition coefficient (Wildman–Crippen LogP) is 3.00. The van der Waals surface area contributed by atoms with Gasteiger partial charge in [0, 0.05) is 32.4 Å². The number of rotatable bonds is 5. The lowest BCUT2D eigenvalue weighted by Crippen LogP contribution is -2.37. The van der Waals surface area contributed by atoms with Crippen molar-refractivity contribution in [2.45, 2.75) is 24.2 Å². The molecule has 2 aliphatic rings. The van der Waals surface area contributed by atoms with Crippen molar-refractivity contribution in [2.75, 3.05) is 49.6 Å². The van der Waals surface area contributed by atoms with Gasteiger partial charge in [-0.05, 0) is 43.2 Å². The van der Waals surface area contributed by atoms with Crippen LogP contribution in [0.25, 0.3) is 0 Å². The summed E-state index contributed by atoms with van der Waals surface area (Å²) in [4.78, 5) is 19.1. The van der Waals surface area contributed by atoms with Crippen molar-refractivity contribution in [1.29, 1.82) is 0 Å². The van der Waals surface area contributed by atoms with Crippen LogP contribution in [0.5, 0.6) is 0 Å². The van der Waals surface area contributed by atoms with Gasteiger partial charge in [-0.25, -0.2) is 13.4 Å². The number of anilines is 2. The number of hydrogen-bond acceptors (Lipinski definition) is 6. The van der Waals surface area contributed by atoms with Gasteiger partial charge < -0.3 is 15.0 Å². The summed E-state index contributed by atoms with van der Waals surface area (Å²) in [5, 5.41) is 2.94. The number of halogens is 1. The average molecular weight is 465 g/mol. The van der Waals surface area contributed by atoms with E-state index in [0.717, 1.165) is 24.9 Å². The molecule has 0 radical (unpaired) electrons. The van der Waals surface area contributed by atoms with Crippen LogP contribution in [-0.4, -0.2) is 63.0 Å². The number of morpholine rings is 1. The molecule has 8 nitrogen and oxygen atoms in total. The van der Waals surface area contributed by atoms with Crippen molar-refractivity contribution in [3.05, 3.63) is 47.2 Å². The third-order valence-electron chi connectivity index (χ3n) is 5.52. The molecule has 0 bridgehead atoms. The van der Waals surface area contributed by atoms with Gasteiger partial charge in [0.1, 0.15) is 5.15 Å². The van der Waals surface area contributed by atoms with E-state index in [1.165, 1.54) is 16.6 Å². The van der Waals surface area contributed by atoms with Crippen molar-refractivity contribution in [1.82, 2.24) is 9.29 Å². The molecule has 1 aromatic heterocycles. The molecule has 10 heteroatoms. The number of amides is 1. The van der Waals surface area contributed by atoms with Gasteiger partial charge in [0.15, 0.2) is 0 Å². The highest BCUT2D eigenvalue weighted by Gasteiger charge is 2.28. The third-order valence-corrected chi connectivity index (χ3v) is 7.72. The van der Waals surface area contributed by atoms with Crippen LogP contribution in [0.3, 0.4) is 0 Å². The molecule has 0 saturated carbocycles. The van der Waals surface area contributed by atoms with Gasteiger partial charge in [0.2, 0.25) is 10.0 Å². The molecule has 2 aromatic rings. The molecule has 0 aliphatic carbocycles. The molecular formula is C21H25ClN4O4S.